The zero-order valence-corrected chi connectivity index (χ0v) is 11.6. The molecule has 0 amide bonds. The van der Waals surface area contributed by atoms with Crippen molar-refractivity contribution in [2.24, 2.45) is 0 Å². The second-order valence-corrected chi connectivity index (χ2v) is 5.56. The summed E-state index contributed by atoms with van der Waals surface area (Å²) in [7, 11) is 0. The highest BCUT2D eigenvalue weighted by Gasteiger charge is 2.18. The molecule has 6 heteroatoms. The molecule has 1 unspecified atom stereocenters. The van der Waals surface area contributed by atoms with Crippen LogP contribution in [0.4, 0.5) is 14.7 Å². The van der Waals surface area contributed by atoms with Crippen LogP contribution in [0.15, 0.2) is 29.0 Å². The Morgan fingerprint density at radius 3 is 2.90 bits per heavy atom. The smallest absolute Gasteiger partial charge is 0.201 e. The maximum absolute atomic E-state index is 13.7. The van der Waals surface area contributed by atoms with Gasteiger partial charge in [0.15, 0.2) is 5.82 Å². The van der Waals surface area contributed by atoms with E-state index in [9.17, 15) is 8.78 Å². The zero-order valence-electron chi connectivity index (χ0n) is 10.8. The van der Waals surface area contributed by atoms with Crippen molar-refractivity contribution in [3.63, 3.8) is 0 Å². The van der Waals surface area contributed by atoms with Crippen molar-refractivity contribution in [1.29, 1.82) is 0 Å². The summed E-state index contributed by atoms with van der Waals surface area (Å²) in [4.78, 5) is 4.01. The molecule has 2 heterocycles. The van der Waals surface area contributed by atoms with E-state index in [1.807, 2.05) is 23.8 Å². The van der Waals surface area contributed by atoms with Crippen LogP contribution in [0.5, 0.6) is 0 Å². The summed E-state index contributed by atoms with van der Waals surface area (Å²) in [6.07, 6.45) is 0.733. The molecule has 1 atom stereocenters. The summed E-state index contributed by atoms with van der Waals surface area (Å²) < 4.78 is 28.8. The second-order valence-electron chi connectivity index (χ2n) is 4.78. The third-order valence-corrected chi connectivity index (χ3v) is 4.02. The van der Waals surface area contributed by atoms with Gasteiger partial charge >= 0.3 is 0 Å². The molecule has 2 aromatic heterocycles. The molecule has 0 fully saturated rings. The van der Waals surface area contributed by atoms with Crippen LogP contribution in [0, 0.1) is 11.6 Å². The molecule has 0 saturated carbocycles. The minimum Gasteiger partial charge on any atom is -0.369 e. The van der Waals surface area contributed by atoms with Gasteiger partial charge in [-0.3, -0.25) is 0 Å². The number of halogens is 2. The van der Waals surface area contributed by atoms with E-state index in [1.165, 1.54) is 11.6 Å². The number of hydrogen-bond donors (Lipinski definition) is 1. The standard InChI is InChI=1S/C14H13F2N3S/c1-8(4-9-2-3-20-7-9)19-12-6-10(15)5-11(16)13(12)18-14(19)17/h2-3,5-8H,4H2,1H3,(H2,17,18). The van der Waals surface area contributed by atoms with Crippen LogP contribution in [0.25, 0.3) is 11.0 Å². The molecule has 0 aliphatic heterocycles. The highest BCUT2D eigenvalue weighted by atomic mass is 32.1. The summed E-state index contributed by atoms with van der Waals surface area (Å²) in [5, 5.41) is 4.05. The molecule has 0 aliphatic rings. The lowest BCUT2D eigenvalue weighted by Gasteiger charge is -2.15. The van der Waals surface area contributed by atoms with Gasteiger partial charge in [0.2, 0.25) is 5.95 Å². The lowest BCUT2D eigenvalue weighted by molar-refractivity contribution is 0.562. The zero-order chi connectivity index (χ0) is 14.3. The van der Waals surface area contributed by atoms with Crippen LogP contribution in [-0.2, 0) is 6.42 Å². The summed E-state index contributed by atoms with van der Waals surface area (Å²) in [5.41, 5.74) is 7.54. The number of thiophene rings is 1. The monoisotopic (exact) mass is 293 g/mol. The summed E-state index contributed by atoms with van der Waals surface area (Å²) in [6, 6.07) is 4.09. The number of fused-ring (bicyclic) bond motifs is 1. The van der Waals surface area contributed by atoms with Crippen molar-refractivity contribution in [1.82, 2.24) is 9.55 Å². The van der Waals surface area contributed by atoms with Crippen molar-refractivity contribution in [2.75, 3.05) is 5.73 Å². The van der Waals surface area contributed by atoms with E-state index < -0.39 is 11.6 Å². The van der Waals surface area contributed by atoms with Crippen molar-refractivity contribution < 1.29 is 8.78 Å². The molecule has 0 saturated heterocycles. The fraction of sp³-hybridized carbons (Fsp3) is 0.214. The van der Waals surface area contributed by atoms with E-state index in [2.05, 4.69) is 4.98 Å². The van der Waals surface area contributed by atoms with Gasteiger partial charge in [-0.25, -0.2) is 13.8 Å². The summed E-state index contributed by atoms with van der Waals surface area (Å²) >= 11 is 1.62. The van der Waals surface area contributed by atoms with Crippen LogP contribution in [0.1, 0.15) is 18.5 Å². The average Bonchev–Trinajstić information content (AvgIpc) is 2.96. The minimum atomic E-state index is -0.687. The SMILES string of the molecule is CC(Cc1ccsc1)n1c(N)nc2c(F)cc(F)cc21. The van der Waals surface area contributed by atoms with Gasteiger partial charge in [-0.15, -0.1) is 0 Å². The molecule has 104 valence electrons. The first kappa shape index (κ1) is 13.1. The minimum absolute atomic E-state index is 0.0317. The highest BCUT2D eigenvalue weighted by molar-refractivity contribution is 7.07. The van der Waals surface area contributed by atoms with Crippen LogP contribution < -0.4 is 5.73 Å². The van der Waals surface area contributed by atoms with Gasteiger partial charge in [0.1, 0.15) is 11.3 Å². The molecule has 0 bridgehead atoms. The first-order valence-corrected chi connectivity index (χ1v) is 7.14. The number of nitrogen functional groups attached to an aromatic ring is 1. The summed E-state index contributed by atoms with van der Waals surface area (Å²) in [6.45, 7) is 1.96. The molecule has 3 aromatic rings. The normalized spacial score (nSPS) is 12.9. The third kappa shape index (κ3) is 2.16. The summed E-state index contributed by atoms with van der Waals surface area (Å²) in [5.74, 6) is -1.11. The van der Waals surface area contributed by atoms with Gasteiger partial charge in [0.05, 0.1) is 5.52 Å². The molecule has 2 N–H and O–H groups in total. The largest absolute Gasteiger partial charge is 0.369 e. The maximum atomic E-state index is 13.7. The highest BCUT2D eigenvalue weighted by Crippen LogP contribution is 2.27. The first-order valence-electron chi connectivity index (χ1n) is 6.20. The lowest BCUT2D eigenvalue weighted by Crippen LogP contribution is -2.11. The van der Waals surface area contributed by atoms with Gasteiger partial charge in [0, 0.05) is 18.2 Å². The van der Waals surface area contributed by atoms with Gasteiger partial charge in [0.25, 0.3) is 0 Å². The topological polar surface area (TPSA) is 43.8 Å². The maximum Gasteiger partial charge on any atom is 0.201 e. The van der Waals surface area contributed by atoms with Crippen molar-refractivity contribution in [3.05, 3.63) is 46.2 Å². The van der Waals surface area contributed by atoms with E-state index in [0.29, 0.717) is 5.52 Å². The van der Waals surface area contributed by atoms with Gasteiger partial charge < -0.3 is 10.3 Å². The third-order valence-electron chi connectivity index (χ3n) is 3.29. The van der Waals surface area contributed by atoms with Crippen LogP contribution in [-0.4, -0.2) is 9.55 Å². The molecule has 0 spiro atoms. The number of imidazole rings is 1. The second kappa shape index (κ2) is 4.86. The Balaban J connectivity index is 2.08. The number of hydrogen-bond acceptors (Lipinski definition) is 3. The van der Waals surface area contributed by atoms with E-state index in [0.717, 1.165) is 12.5 Å². The predicted molar refractivity (Wildman–Crippen MR) is 76.8 cm³/mol. The Hall–Kier alpha value is -1.95. The Labute approximate surface area is 118 Å². The molecule has 20 heavy (non-hydrogen) atoms. The molecule has 3 rings (SSSR count). The Kier molecular flexibility index (Phi) is 3.17. The van der Waals surface area contributed by atoms with Gasteiger partial charge in [-0.05, 0) is 35.7 Å². The Bertz CT molecular complexity index is 749. The van der Waals surface area contributed by atoms with Crippen molar-refractivity contribution in [2.45, 2.75) is 19.4 Å². The molecule has 1 aromatic carbocycles. The Morgan fingerprint density at radius 1 is 1.40 bits per heavy atom. The van der Waals surface area contributed by atoms with Crippen molar-refractivity contribution in [3.8, 4) is 0 Å². The molecule has 3 nitrogen and oxygen atoms in total. The fourth-order valence-corrected chi connectivity index (χ4v) is 3.12. The number of anilines is 1. The van der Waals surface area contributed by atoms with E-state index in [4.69, 9.17) is 5.73 Å². The number of nitrogens with two attached hydrogens (primary N) is 1. The molecule has 0 aliphatic carbocycles. The molecule has 0 radical (unpaired) electrons. The van der Waals surface area contributed by atoms with E-state index >= 15 is 0 Å². The molecular weight excluding hydrogens is 280 g/mol. The van der Waals surface area contributed by atoms with Gasteiger partial charge in [-0.2, -0.15) is 11.3 Å². The number of rotatable bonds is 3. The Morgan fingerprint density at radius 2 is 2.20 bits per heavy atom. The average molecular weight is 293 g/mol. The fourth-order valence-electron chi connectivity index (χ4n) is 2.44. The quantitative estimate of drug-likeness (QED) is 0.799. The first-order chi connectivity index (χ1) is 9.56. The van der Waals surface area contributed by atoms with E-state index in [-0.39, 0.29) is 17.5 Å². The molecular formula is C14H13F2N3S. The van der Waals surface area contributed by atoms with Crippen LogP contribution >= 0.6 is 11.3 Å². The number of nitrogens with zero attached hydrogens (tertiary/aromatic N) is 2. The van der Waals surface area contributed by atoms with Crippen LogP contribution in [0.3, 0.4) is 0 Å². The van der Waals surface area contributed by atoms with Crippen molar-refractivity contribution >= 4 is 28.3 Å². The van der Waals surface area contributed by atoms with Crippen LogP contribution in [0.2, 0.25) is 0 Å². The number of benzene rings is 1. The van der Waals surface area contributed by atoms with Gasteiger partial charge in [-0.1, -0.05) is 0 Å². The predicted octanol–water partition coefficient (Wildman–Crippen LogP) is 3.76. The lowest BCUT2D eigenvalue weighted by atomic mass is 10.1. The van der Waals surface area contributed by atoms with E-state index in [1.54, 1.807) is 15.9 Å². The number of aromatic nitrogens is 2.